The van der Waals surface area contributed by atoms with Crippen molar-refractivity contribution in [3.05, 3.63) is 92.0 Å². The average molecular weight is 617 g/mol. The van der Waals surface area contributed by atoms with Crippen LogP contribution >= 0.6 is 39.1 Å². The molecule has 3 heterocycles. The number of anilines is 1. The van der Waals surface area contributed by atoms with Gasteiger partial charge in [-0.1, -0.05) is 63.4 Å². The summed E-state index contributed by atoms with van der Waals surface area (Å²) in [6, 6.07) is 18.4. The molecule has 0 radical (unpaired) electrons. The molecule has 0 spiro atoms. The number of carbonyl (C=O) groups is 1. The number of aromatic nitrogens is 1. The number of nitrogens with zero attached hydrogens (tertiary/aromatic N) is 4. The minimum absolute atomic E-state index is 0.180. The average Bonchev–Trinajstić information content (AvgIpc) is 2.94. The minimum Gasteiger partial charge on any atom is -0.353 e. The van der Waals surface area contributed by atoms with E-state index in [0.717, 1.165) is 66.7 Å². The largest absolute Gasteiger partial charge is 0.353 e. The zero-order chi connectivity index (χ0) is 26.5. The Kier molecular flexibility index (Phi) is 9.23. The molecule has 38 heavy (non-hydrogen) atoms. The van der Waals surface area contributed by atoms with Crippen molar-refractivity contribution in [3.63, 3.8) is 0 Å². The van der Waals surface area contributed by atoms with Gasteiger partial charge in [-0.05, 0) is 67.4 Å². The Morgan fingerprint density at radius 1 is 0.921 bits per heavy atom. The van der Waals surface area contributed by atoms with Crippen LogP contribution in [0.4, 0.5) is 5.82 Å². The second-order valence-electron chi connectivity index (χ2n) is 10.00. The van der Waals surface area contributed by atoms with E-state index in [1.54, 1.807) is 12.3 Å². The predicted molar refractivity (Wildman–Crippen MR) is 158 cm³/mol. The fourth-order valence-electron chi connectivity index (χ4n) is 5.26. The molecule has 2 saturated heterocycles. The van der Waals surface area contributed by atoms with Crippen molar-refractivity contribution in [1.29, 1.82) is 0 Å². The summed E-state index contributed by atoms with van der Waals surface area (Å²) in [5.74, 6) is 0.578. The van der Waals surface area contributed by atoms with Crippen molar-refractivity contribution in [2.24, 2.45) is 0 Å². The van der Waals surface area contributed by atoms with Crippen LogP contribution in [0.25, 0.3) is 0 Å². The van der Waals surface area contributed by atoms with E-state index in [2.05, 4.69) is 53.1 Å². The van der Waals surface area contributed by atoms with Gasteiger partial charge in [0.05, 0.1) is 10.6 Å². The molecule has 2 aromatic carbocycles. The number of amides is 1. The lowest BCUT2D eigenvalue weighted by Gasteiger charge is -2.43. The van der Waals surface area contributed by atoms with Crippen molar-refractivity contribution in [2.75, 3.05) is 44.2 Å². The van der Waals surface area contributed by atoms with Crippen molar-refractivity contribution in [2.45, 2.75) is 32.0 Å². The number of halogens is 3. The first-order valence-electron chi connectivity index (χ1n) is 13.1. The van der Waals surface area contributed by atoms with Crippen LogP contribution in [-0.2, 0) is 13.1 Å². The van der Waals surface area contributed by atoms with E-state index in [1.807, 2.05) is 36.4 Å². The summed E-state index contributed by atoms with van der Waals surface area (Å²) in [5, 5.41) is 4.25. The molecule has 6 nitrogen and oxygen atoms in total. The van der Waals surface area contributed by atoms with Crippen LogP contribution < -0.4 is 10.2 Å². The third-order valence-electron chi connectivity index (χ3n) is 7.46. The van der Waals surface area contributed by atoms with E-state index < -0.39 is 0 Å². The van der Waals surface area contributed by atoms with Gasteiger partial charge < -0.3 is 10.2 Å². The van der Waals surface area contributed by atoms with Gasteiger partial charge in [0, 0.05) is 61.0 Å². The monoisotopic (exact) mass is 615 g/mol. The highest BCUT2D eigenvalue weighted by molar-refractivity contribution is 9.10. The van der Waals surface area contributed by atoms with E-state index in [9.17, 15) is 4.79 Å². The van der Waals surface area contributed by atoms with Gasteiger partial charge in [-0.25, -0.2) is 4.98 Å². The Bertz CT molecular complexity index is 1220. The number of piperazine rings is 1. The summed E-state index contributed by atoms with van der Waals surface area (Å²) in [5.41, 5.74) is 2.82. The van der Waals surface area contributed by atoms with Crippen LogP contribution in [0.2, 0.25) is 10.0 Å². The molecule has 3 aromatic rings. The van der Waals surface area contributed by atoms with E-state index in [0.29, 0.717) is 23.2 Å². The molecule has 0 unspecified atom stereocenters. The molecule has 1 aromatic heterocycles. The summed E-state index contributed by atoms with van der Waals surface area (Å²) in [7, 11) is 0. The van der Waals surface area contributed by atoms with E-state index in [4.69, 9.17) is 23.2 Å². The molecule has 0 saturated carbocycles. The number of carbonyl (C=O) groups excluding carboxylic acids is 1. The standard InChI is InChI=1S/C29H32BrCl2N5O/c30-24-5-1-21(2-6-24)18-34-29(38)23-17-27(32)28(33-19-23)37-15-13-36(14-16-37)26-9-11-35(12-10-26)20-22-3-7-25(31)8-4-22/h1-8,17,19,26H,9-16,18,20H2,(H,34,38). The van der Waals surface area contributed by atoms with Gasteiger partial charge in [-0.15, -0.1) is 0 Å². The second-order valence-corrected chi connectivity index (χ2v) is 11.8. The number of hydrogen-bond donors (Lipinski definition) is 1. The molecule has 0 atom stereocenters. The number of hydrogen-bond acceptors (Lipinski definition) is 5. The maximum Gasteiger partial charge on any atom is 0.253 e. The quantitative estimate of drug-likeness (QED) is 0.360. The first-order chi connectivity index (χ1) is 18.4. The van der Waals surface area contributed by atoms with Gasteiger partial charge in [-0.3, -0.25) is 14.6 Å². The number of pyridine rings is 1. The Morgan fingerprint density at radius 3 is 2.24 bits per heavy atom. The van der Waals surface area contributed by atoms with E-state index in [-0.39, 0.29) is 5.91 Å². The third kappa shape index (κ3) is 7.07. The summed E-state index contributed by atoms with van der Waals surface area (Å²) in [4.78, 5) is 24.6. The molecule has 1 amide bonds. The highest BCUT2D eigenvalue weighted by Gasteiger charge is 2.28. The summed E-state index contributed by atoms with van der Waals surface area (Å²) < 4.78 is 1.01. The molecule has 2 fully saturated rings. The lowest BCUT2D eigenvalue weighted by molar-refractivity contribution is 0.0950. The van der Waals surface area contributed by atoms with Gasteiger partial charge >= 0.3 is 0 Å². The van der Waals surface area contributed by atoms with Crippen LogP contribution in [0.3, 0.4) is 0 Å². The second kappa shape index (κ2) is 12.8. The minimum atomic E-state index is -0.180. The highest BCUT2D eigenvalue weighted by atomic mass is 79.9. The first kappa shape index (κ1) is 27.4. The van der Waals surface area contributed by atoms with Crippen molar-refractivity contribution >= 4 is 50.9 Å². The van der Waals surface area contributed by atoms with Crippen LogP contribution in [0, 0.1) is 0 Å². The number of nitrogens with one attached hydrogen (secondary N) is 1. The topological polar surface area (TPSA) is 51.7 Å². The molecule has 2 aliphatic heterocycles. The van der Waals surface area contributed by atoms with E-state index >= 15 is 0 Å². The number of piperidine rings is 1. The number of rotatable bonds is 7. The molecule has 2 aliphatic rings. The SMILES string of the molecule is O=C(NCc1ccc(Br)cc1)c1cnc(N2CCN(C3CCN(Cc4ccc(Cl)cc4)CC3)CC2)c(Cl)c1. The Labute approximate surface area is 243 Å². The molecule has 1 N–H and O–H groups in total. The van der Waals surface area contributed by atoms with Gasteiger partial charge in [0.1, 0.15) is 5.82 Å². The zero-order valence-electron chi connectivity index (χ0n) is 21.3. The van der Waals surface area contributed by atoms with Gasteiger partial charge in [0.25, 0.3) is 5.91 Å². The fraction of sp³-hybridized carbons (Fsp3) is 0.379. The molecule has 200 valence electrons. The van der Waals surface area contributed by atoms with Crippen LogP contribution in [0.5, 0.6) is 0 Å². The van der Waals surface area contributed by atoms with Gasteiger partial charge in [-0.2, -0.15) is 0 Å². The van der Waals surface area contributed by atoms with Crippen molar-refractivity contribution in [3.8, 4) is 0 Å². The normalized spacial score (nSPS) is 17.5. The Balaban J connectivity index is 1.08. The van der Waals surface area contributed by atoms with Gasteiger partial charge in [0.2, 0.25) is 0 Å². The molecule has 0 aliphatic carbocycles. The van der Waals surface area contributed by atoms with Crippen LogP contribution in [0.1, 0.15) is 34.3 Å². The van der Waals surface area contributed by atoms with Gasteiger partial charge in [0.15, 0.2) is 0 Å². The third-order valence-corrected chi connectivity index (χ3v) is 8.52. The molecular formula is C29H32BrCl2N5O. The lowest BCUT2D eigenvalue weighted by Crippen LogP contribution is -2.53. The fourth-order valence-corrected chi connectivity index (χ4v) is 5.94. The van der Waals surface area contributed by atoms with Crippen molar-refractivity contribution in [1.82, 2.24) is 20.1 Å². The molecule has 0 bridgehead atoms. The van der Waals surface area contributed by atoms with E-state index in [1.165, 1.54) is 18.4 Å². The highest BCUT2D eigenvalue weighted by Crippen LogP contribution is 2.27. The smallest absolute Gasteiger partial charge is 0.253 e. The summed E-state index contributed by atoms with van der Waals surface area (Å²) >= 11 is 16.0. The number of likely N-dealkylation sites (tertiary alicyclic amines) is 1. The van der Waals surface area contributed by atoms with Crippen LogP contribution in [0.15, 0.2) is 65.3 Å². The predicted octanol–water partition coefficient (Wildman–Crippen LogP) is 5.87. The first-order valence-corrected chi connectivity index (χ1v) is 14.6. The Morgan fingerprint density at radius 2 is 1.58 bits per heavy atom. The van der Waals surface area contributed by atoms with Crippen LogP contribution in [-0.4, -0.2) is 66.0 Å². The molecule has 9 heteroatoms. The zero-order valence-corrected chi connectivity index (χ0v) is 24.4. The Hall–Kier alpha value is -2.16. The molecule has 5 rings (SSSR count). The summed E-state index contributed by atoms with van der Waals surface area (Å²) in [6.07, 6.45) is 4.01. The number of benzene rings is 2. The summed E-state index contributed by atoms with van der Waals surface area (Å²) in [6.45, 7) is 7.43. The lowest BCUT2D eigenvalue weighted by atomic mass is 10.0. The maximum atomic E-state index is 12.6. The van der Waals surface area contributed by atoms with Crippen molar-refractivity contribution < 1.29 is 4.79 Å². The maximum absolute atomic E-state index is 12.6. The molecular weight excluding hydrogens is 585 g/mol.